The molecule has 1 unspecified atom stereocenters. The van der Waals surface area contributed by atoms with Crippen LogP contribution < -0.4 is 0 Å². The van der Waals surface area contributed by atoms with E-state index in [0.29, 0.717) is 6.42 Å². The molecular formula is C17H30O6. The fraction of sp³-hybridized carbons (Fsp3) is 0.824. The zero-order valence-corrected chi connectivity index (χ0v) is 15.3. The molecule has 0 rings (SSSR count). The Labute approximate surface area is 138 Å². The van der Waals surface area contributed by atoms with Crippen molar-refractivity contribution in [3.8, 4) is 0 Å². The minimum Gasteiger partial charge on any atom is -0.481 e. The van der Waals surface area contributed by atoms with Crippen molar-refractivity contribution in [3.05, 3.63) is 0 Å². The first-order valence-corrected chi connectivity index (χ1v) is 7.86. The third-order valence-electron chi connectivity index (χ3n) is 3.61. The van der Waals surface area contributed by atoms with Gasteiger partial charge in [-0.25, -0.2) is 0 Å². The Balaban J connectivity index is 4.95. The summed E-state index contributed by atoms with van der Waals surface area (Å²) in [6, 6.07) is 0. The minimum atomic E-state index is -1.03. The summed E-state index contributed by atoms with van der Waals surface area (Å²) in [5, 5.41) is 8.58. The van der Waals surface area contributed by atoms with Gasteiger partial charge in [-0.1, -0.05) is 6.92 Å². The topological polar surface area (TPSA) is 89.9 Å². The van der Waals surface area contributed by atoms with Crippen LogP contribution in [0.4, 0.5) is 0 Å². The van der Waals surface area contributed by atoms with E-state index >= 15 is 0 Å². The van der Waals surface area contributed by atoms with Gasteiger partial charge in [0.2, 0.25) is 0 Å². The Morgan fingerprint density at radius 1 is 0.957 bits per heavy atom. The molecule has 6 heteroatoms. The molecule has 6 nitrogen and oxygen atoms in total. The zero-order valence-electron chi connectivity index (χ0n) is 15.3. The summed E-state index contributed by atoms with van der Waals surface area (Å²) >= 11 is 0. The second-order valence-corrected chi connectivity index (χ2v) is 7.76. The smallest absolute Gasteiger partial charge is 0.312 e. The van der Waals surface area contributed by atoms with Crippen molar-refractivity contribution in [2.24, 2.45) is 10.8 Å². The molecule has 0 amide bonds. The van der Waals surface area contributed by atoms with Crippen molar-refractivity contribution in [1.29, 1.82) is 0 Å². The molecule has 0 saturated heterocycles. The van der Waals surface area contributed by atoms with Crippen LogP contribution in [-0.2, 0) is 23.9 Å². The molecule has 134 valence electrons. The molecule has 1 N–H and O–H groups in total. The molecule has 0 fully saturated rings. The average Bonchev–Trinajstić information content (AvgIpc) is 2.35. The van der Waals surface area contributed by atoms with E-state index < -0.39 is 28.4 Å². The van der Waals surface area contributed by atoms with Crippen molar-refractivity contribution in [3.63, 3.8) is 0 Å². The highest BCUT2D eigenvalue weighted by Gasteiger charge is 2.43. The summed E-state index contributed by atoms with van der Waals surface area (Å²) in [6.07, 6.45) is 0.546. The molecule has 0 aromatic carbocycles. The van der Waals surface area contributed by atoms with E-state index in [2.05, 4.69) is 0 Å². The van der Waals surface area contributed by atoms with Crippen LogP contribution in [0.1, 0.15) is 67.7 Å². The average molecular weight is 330 g/mol. The third kappa shape index (κ3) is 7.48. The summed E-state index contributed by atoms with van der Waals surface area (Å²) in [7, 11) is 0. The van der Waals surface area contributed by atoms with E-state index in [9.17, 15) is 14.4 Å². The minimum absolute atomic E-state index is 0.174. The number of hydrogen-bond donors (Lipinski definition) is 1. The molecule has 0 aliphatic rings. The first-order valence-electron chi connectivity index (χ1n) is 7.86. The fourth-order valence-electron chi connectivity index (χ4n) is 2.22. The van der Waals surface area contributed by atoms with Crippen LogP contribution in [0.3, 0.4) is 0 Å². The van der Waals surface area contributed by atoms with E-state index in [-0.39, 0.29) is 25.4 Å². The monoisotopic (exact) mass is 330 g/mol. The molecule has 1 atom stereocenters. The maximum Gasteiger partial charge on any atom is 0.312 e. The van der Waals surface area contributed by atoms with Gasteiger partial charge in [0.05, 0.1) is 17.3 Å². The summed E-state index contributed by atoms with van der Waals surface area (Å²) in [4.78, 5) is 35.1. The number of rotatable bonds is 8. The quantitative estimate of drug-likeness (QED) is 0.687. The lowest BCUT2D eigenvalue weighted by Gasteiger charge is -2.35. The summed E-state index contributed by atoms with van der Waals surface area (Å²) in [5.41, 5.74) is -2.33. The van der Waals surface area contributed by atoms with Crippen LogP contribution in [0.15, 0.2) is 0 Å². The van der Waals surface area contributed by atoms with Gasteiger partial charge in [0, 0.05) is 0 Å². The Kier molecular flexibility index (Phi) is 7.26. The van der Waals surface area contributed by atoms with Crippen LogP contribution in [-0.4, -0.2) is 35.2 Å². The van der Waals surface area contributed by atoms with Crippen LogP contribution in [0.25, 0.3) is 0 Å². The fourth-order valence-corrected chi connectivity index (χ4v) is 2.22. The van der Waals surface area contributed by atoms with Gasteiger partial charge in [0.15, 0.2) is 0 Å². The van der Waals surface area contributed by atoms with Crippen LogP contribution >= 0.6 is 0 Å². The molecule has 0 heterocycles. The Morgan fingerprint density at radius 3 is 1.87 bits per heavy atom. The van der Waals surface area contributed by atoms with Crippen LogP contribution in [0, 0.1) is 10.8 Å². The maximum atomic E-state index is 12.5. The van der Waals surface area contributed by atoms with Crippen LogP contribution in [0.5, 0.6) is 0 Å². The highest BCUT2D eigenvalue weighted by molar-refractivity contribution is 5.80. The number of carbonyl (C=O) groups excluding carboxylic acids is 2. The third-order valence-corrected chi connectivity index (χ3v) is 3.61. The predicted molar refractivity (Wildman–Crippen MR) is 85.9 cm³/mol. The standard InChI is InChI=1S/C17H30O6/c1-8-17(7,14(21)23-15(2,3)4)11-16(5,6)13(20)22-10-9-12(18)19/h8-11H2,1-7H3,(H,18,19). The highest BCUT2D eigenvalue weighted by Crippen LogP contribution is 2.39. The summed E-state index contributed by atoms with van der Waals surface area (Å²) in [5.74, 6) is -1.89. The highest BCUT2D eigenvalue weighted by atomic mass is 16.6. The van der Waals surface area contributed by atoms with Crippen molar-refractivity contribution >= 4 is 17.9 Å². The van der Waals surface area contributed by atoms with E-state index in [1.807, 2.05) is 6.92 Å². The number of ether oxygens (including phenoxy) is 2. The van der Waals surface area contributed by atoms with Crippen LogP contribution in [0.2, 0.25) is 0 Å². The van der Waals surface area contributed by atoms with Crippen molar-refractivity contribution in [2.75, 3.05) is 6.61 Å². The maximum absolute atomic E-state index is 12.5. The molecule has 0 aliphatic carbocycles. The number of aliphatic carboxylic acids is 1. The molecule has 0 saturated carbocycles. The number of carboxylic acid groups (broad SMARTS) is 1. The number of esters is 2. The Morgan fingerprint density at radius 2 is 1.48 bits per heavy atom. The largest absolute Gasteiger partial charge is 0.481 e. The van der Waals surface area contributed by atoms with E-state index in [1.165, 1.54) is 0 Å². The Bertz CT molecular complexity index is 446. The molecule has 0 spiro atoms. The lowest BCUT2D eigenvalue weighted by atomic mass is 9.72. The summed E-state index contributed by atoms with van der Waals surface area (Å²) in [6.45, 7) is 12.2. The van der Waals surface area contributed by atoms with Gasteiger partial charge < -0.3 is 14.6 Å². The van der Waals surface area contributed by atoms with Crippen molar-refractivity contribution < 1.29 is 29.0 Å². The van der Waals surface area contributed by atoms with E-state index in [1.54, 1.807) is 41.5 Å². The van der Waals surface area contributed by atoms with Gasteiger partial charge in [-0.3, -0.25) is 14.4 Å². The van der Waals surface area contributed by atoms with Gasteiger partial charge in [-0.15, -0.1) is 0 Å². The second-order valence-electron chi connectivity index (χ2n) is 7.76. The molecule has 0 aromatic heterocycles. The number of carboxylic acids is 1. The van der Waals surface area contributed by atoms with Gasteiger partial charge in [0.25, 0.3) is 0 Å². The molecule has 23 heavy (non-hydrogen) atoms. The van der Waals surface area contributed by atoms with Gasteiger partial charge >= 0.3 is 17.9 Å². The Hall–Kier alpha value is -1.59. The predicted octanol–water partition coefficient (Wildman–Crippen LogP) is 3.18. The molecular weight excluding hydrogens is 300 g/mol. The van der Waals surface area contributed by atoms with Gasteiger partial charge in [-0.05, 0) is 54.4 Å². The molecule has 0 aromatic rings. The second kappa shape index (κ2) is 7.79. The van der Waals surface area contributed by atoms with Gasteiger partial charge in [0.1, 0.15) is 12.2 Å². The lowest BCUT2D eigenvalue weighted by molar-refractivity contribution is -0.171. The van der Waals surface area contributed by atoms with E-state index in [4.69, 9.17) is 14.6 Å². The number of carbonyl (C=O) groups is 3. The molecule has 0 radical (unpaired) electrons. The van der Waals surface area contributed by atoms with Crippen molar-refractivity contribution in [2.45, 2.75) is 73.3 Å². The van der Waals surface area contributed by atoms with E-state index in [0.717, 1.165) is 0 Å². The SMILES string of the molecule is CCC(C)(CC(C)(C)C(=O)OCCC(=O)O)C(=O)OC(C)(C)C. The molecule has 0 aliphatic heterocycles. The summed E-state index contributed by atoms with van der Waals surface area (Å²) < 4.78 is 10.5. The first kappa shape index (κ1) is 21.4. The number of hydrogen-bond acceptors (Lipinski definition) is 5. The van der Waals surface area contributed by atoms with Gasteiger partial charge in [-0.2, -0.15) is 0 Å². The van der Waals surface area contributed by atoms with Crippen molar-refractivity contribution in [1.82, 2.24) is 0 Å². The first-order chi connectivity index (χ1) is 10.2. The zero-order chi connectivity index (χ0) is 18.5. The normalized spacial score (nSPS) is 14.7. The lowest BCUT2D eigenvalue weighted by Crippen LogP contribution is -2.41. The molecule has 0 bridgehead atoms.